The highest BCUT2D eigenvalue weighted by Crippen LogP contribution is 2.25. The third-order valence-electron chi connectivity index (χ3n) is 5.29. The quantitative estimate of drug-likeness (QED) is 0.577. The van der Waals surface area contributed by atoms with Crippen molar-refractivity contribution < 1.29 is 4.74 Å². The largest absolute Gasteiger partial charge is 0.497 e. The Labute approximate surface area is 177 Å². The molecule has 1 N–H and O–H groups in total. The van der Waals surface area contributed by atoms with Crippen LogP contribution in [0.3, 0.4) is 0 Å². The van der Waals surface area contributed by atoms with Crippen molar-refractivity contribution in [2.45, 2.75) is 39.1 Å². The molecule has 0 saturated carbocycles. The molecule has 0 amide bonds. The molecular formula is C21H32N6OS. The van der Waals surface area contributed by atoms with Crippen LogP contribution in [0.25, 0.3) is 0 Å². The fourth-order valence-electron chi connectivity index (χ4n) is 3.20. The zero-order chi connectivity index (χ0) is 20.8. The molecule has 1 unspecified atom stereocenters. The van der Waals surface area contributed by atoms with Crippen LogP contribution in [0.5, 0.6) is 5.75 Å². The summed E-state index contributed by atoms with van der Waals surface area (Å²) in [6.07, 6.45) is 0. The third-order valence-corrected chi connectivity index (χ3v) is 6.83. The highest BCUT2D eigenvalue weighted by Gasteiger charge is 2.25. The number of hydrogen-bond donors (Lipinski definition) is 1. The first-order valence-corrected chi connectivity index (χ1v) is 11.2. The number of aromatic nitrogens is 3. The van der Waals surface area contributed by atoms with E-state index in [0.29, 0.717) is 24.3 Å². The van der Waals surface area contributed by atoms with E-state index in [1.807, 2.05) is 30.7 Å². The van der Waals surface area contributed by atoms with E-state index in [-0.39, 0.29) is 0 Å². The van der Waals surface area contributed by atoms with Gasteiger partial charge in [-0.1, -0.05) is 26.0 Å². The van der Waals surface area contributed by atoms with Crippen LogP contribution in [0, 0.1) is 12.8 Å². The molecule has 2 aromatic rings. The molecule has 7 nitrogen and oxygen atoms in total. The van der Waals surface area contributed by atoms with Gasteiger partial charge in [-0.15, -0.1) is 10.2 Å². The Hall–Kier alpha value is -2.22. The number of thioether (sulfide) groups is 1. The molecule has 0 bridgehead atoms. The Bertz CT molecular complexity index is 817. The fraction of sp³-hybridized carbons (Fsp3) is 0.571. The van der Waals surface area contributed by atoms with E-state index in [4.69, 9.17) is 9.73 Å². The topological polar surface area (TPSA) is 67.6 Å². The fourth-order valence-corrected chi connectivity index (χ4v) is 4.50. The second kappa shape index (κ2) is 10.0. The van der Waals surface area contributed by atoms with Crippen molar-refractivity contribution in [2.24, 2.45) is 18.0 Å². The molecule has 0 spiro atoms. The van der Waals surface area contributed by atoms with E-state index in [1.54, 1.807) is 7.11 Å². The average Bonchev–Trinajstić information content (AvgIpc) is 3.06. The van der Waals surface area contributed by atoms with Crippen molar-refractivity contribution in [1.29, 1.82) is 0 Å². The van der Waals surface area contributed by atoms with Crippen molar-refractivity contribution in [3.8, 4) is 5.75 Å². The van der Waals surface area contributed by atoms with Gasteiger partial charge in [0.05, 0.1) is 20.2 Å². The second-order valence-corrected chi connectivity index (χ2v) is 9.01. The first-order chi connectivity index (χ1) is 14.0. The average molecular weight is 417 g/mol. The Balaban J connectivity index is 1.74. The van der Waals surface area contributed by atoms with Crippen LogP contribution in [-0.4, -0.2) is 56.8 Å². The summed E-state index contributed by atoms with van der Waals surface area (Å²) >= 11 is 2.07. The van der Waals surface area contributed by atoms with E-state index in [1.165, 1.54) is 0 Å². The molecule has 1 atom stereocenters. The predicted molar refractivity (Wildman–Crippen MR) is 119 cm³/mol. The predicted octanol–water partition coefficient (Wildman–Crippen LogP) is 2.85. The number of ether oxygens (including phenoxy) is 1. The van der Waals surface area contributed by atoms with Gasteiger partial charge in [0.25, 0.3) is 0 Å². The molecule has 1 aliphatic rings. The van der Waals surface area contributed by atoms with Gasteiger partial charge in [0.15, 0.2) is 11.8 Å². The Morgan fingerprint density at radius 2 is 2.07 bits per heavy atom. The van der Waals surface area contributed by atoms with E-state index in [9.17, 15) is 0 Å². The minimum atomic E-state index is 0.606. The molecule has 1 saturated heterocycles. The van der Waals surface area contributed by atoms with Crippen LogP contribution in [0.4, 0.5) is 0 Å². The lowest BCUT2D eigenvalue weighted by atomic mass is 10.1. The van der Waals surface area contributed by atoms with Crippen LogP contribution < -0.4 is 10.1 Å². The molecule has 2 heterocycles. The maximum atomic E-state index is 5.25. The monoisotopic (exact) mass is 416 g/mol. The molecule has 1 aliphatic heterocycles. The smallest absolute Gasteiger partial charge is 0.194 e. The number of benzene rings is 1. The Kier molecular flexibility index (Phi) is 7.41. The van der Waals surface area contributed by atoms with Gasteiger partial charge in [0.2, 0.25) is 0 Å². The minimum Gasteiger partial charge on any atom is -0.497 e. The number of aliphatic imine (C=N–C) groups is 1. The molecule has 1 aromatic heterocycles. The number of nitrogens with zero attached hydrogens (tertiary/aromatic N) is 5. The van der Waals surface area contributed by atoms with Gasteiger partial charge in [-0.2, -0.15) is 11.8 Å². The van der Waals surface area contributed by atoms with Crippen molar-refractivity contribution in [3.63, 3.8) is 0 Å². The minimum absolute atomic E-state index is 0.606. The van der Waals surface area contributed by atoms with Gasteiger partial charge in [-0.3, -0.25) is 0 Å². The summed E-state index contributed by atoms with van der Waals surface area (Å²) in [4.78, 5) is 7.33. The van der Waals surface area contributed by atoms with Crippen molar-refractivity contribution in [1.82, 2.24) is 25.0 Å². The molecule has 1 fully saturated rings. The highest BCUT2D eigenvalue weighted by atomic mass is 32.2. The van der Waals surface area contributed by atoms with Gasteiger partial charge in [-0.05, 0) is 30.5 Å². The van der Waals surface area contributed by atoms with Crippen LogP contribution in [0.1, 0.15) is 31.1 Å². The highest BCUT2D eigenvalue weighted by molar-refractivity contribution is 8.00. The number of methoxy groups -OCH3 is 1. The Morgan fingerprint density at radius 1 is 1.31 bits per heavy atom. The number of nitrogens with one attached hydrogen (secondary N) is 1. The first-order valence-electron chi connectivity index (χ1n) is 10.1. The zero-order valence-electron chi connectivity index (χ0n) is 18.1. The van der Waals surface area contributed by atoms with Crippen LogP contribution in [-0.2, 0) is 20.1 Å². The summed E-state index contributed by atoms with van der Waals surface area (Å²) in [6, 6.07) is 8.09. The zero-order valence-corrected chi connectivity index (χ0v) is 18.9. The van der Waals surface area contributed by atoms with Gasteiger partial charge in [-0.25, -0.2) is 4.99 Å². The van der Waals surface area contributed by atoms with Gasteiger partial charge in [0.1, 0.15) is 11.6 Å². The molecule has 3 rings (SSSR count). The number of rotatable bonds is 6. The summed E-state index contributed by atoms with van der Waals surface area (Å²) in [6.45, 7) is 9.80. The summed E-state index contributed by atoms with van der Waals surface area (Å²) in [5.41, 5.74) is 1.16. The van der Waals surface area contributed by atoms with Gasteiger partial charge in [0, 0.05) is 31.1 Å². The van der Waals surface area contributed by atoms with E-state index >= 15 is 0 Å². The standard InChI is InChI=1S/C21H32N6OS/c1-15(2)19-14-27(10-11-29-19)21(23-13-20-25-24-16(3)26(20)4)22-12-17-6-8-18(28-5)9-7-17/h6-9,15,19H,10-14H2,1-5H3,(H,22,23). The summed E-state index contributed by atoms with van der Waals surface area (Å²) in [5, 5.41) is 12.6. The molecule has 8 heteroatoms. The number of aryl methyl sites for hydroxylation is 1. The SMILES string of the molecule is COc1ccc(CN=C(NCc2nnc(C)n2C)N2CCSC(C(C)C)C2)cc1. The van der Waals surface area contributed by atoms with Crippen molar-refractivity contribution in [3.05, 3.63) is 41.5 Å². The van der Waals surface area contributed by atoms with E-state index in [2.05, 4.69) is 58.2 Å². The van der Waals surface area contributed by atoms with E-state index < -0.39 is 0 Å². The van der Waals surface area contributed by atoms with Gasteiger partial charge >= 0.3 is 0 Å². The molecule has 0 radical (unpaired) electrons. The van der Waals surface area contributed by atoms with Gasteiger partial charge < -0.3 is 19.5 Å². The van der Waals surface area contributed by atoms with Crippen LogP contribution >= 0.6 is 11.8 Å². The molecule has 158 valence electrons. The molecular weight excluding hydrogens is 384 g/mol. The summed E-state index contributed by atoms with van der Waals surface area (Å²) in [7, 11) is 3.68. The van der Waals surface area contributed by atoms with Crippen molar-refractivity contribution in [2.75, 3.05) is 26.0 Å². The molecule has 1 aromatic carbocycles. The van der Waals surface area contributed by atoms with Crippen LogP contribution in [0.15, 0.2) is 29.3 Å². The van der Waals surface area contributed by atoms with Crippen molar-refractivity contribution >= 4 is 17.7 Å². The molecule has 29 heavy (non-hydrogen) atoms. The lowest BCUT2D eigenvalue weighted by molar-refractivity contribution is 0.379. The van der Waals surface area contributed by atoms with Crippen LogP contribution in [0.2, 0.25) is 0 Å². The normalized spacial score (nSPS) is 17.7. The number of guanidine groups is 1. The second-order valence-electron chi connectivity index (χ2n) is 7.66. The van der Waals surface area contributed by atoms with E-state index in [0.717, 1.165) is 47.8 Å². The Morgan fingerprint density at radius 3 is 2.69 bits per heavy atom. The molecule has 0 aliphatic carbocycles. The summed E-state index contributed by atoms with van der Waals surface area (Å²) in [5.74, 6) is 5.38. The third kappa shape index (κ3) is 5.65. The summed E-state index contributed by atoms with van der Waals surface area (Å²) < 4.78 is 7.26. The first kappa shape index (κ1) is 21.5. The number of hydrogen-bond acceptors (Lipinski definition) is 5. The lowest BCUT2D eigenvalue weighted by Crippen LogP contribution is -2.49. The maximum Gasteiger partial charge on any atom is 0.194 e. The lowest BCUT2D eigenvalue weighted by Gasteiger charge is -2.36. The maximum absolute atomic E-state index is 5.25.